The van der Waals surface area contributed by atoms with E-state index in [9.17, 15) is 9.18 Å². The number of hydrogen-bond acceptors (Lipinski definition) is 2. The minimum atomic E-state index is -0.700. The van der Waals surface area contributed by atoms with Gasteiger partial charge in [0.25, 0.3) is 5.91 Å². The minimum Gasteiger partial charge on any atom is -0.394 e. The maximum absolute atomic E-state index is 13.3. The van der Waals surface area contributed by atoms with Crippen molar-refractivity contribution < 1.29 is 14.3 Å². The molecule has 2 rings (SSSR count). The van der Waals surface area contributed by atoms with Crippen LogP contribution in [-0.4, -0.2) is 28.1 Å². The van der Waals surface area contributed by atoms with Gasteiger partial charge in [-0.2, -0.15) is 0 Å². The molecule has 3 N–H and O–H groups in total. The summed E-state index contributed by atoms with van der Waals surface area (Å²) in [6.07, 6.45) is 0. The van der Waals surface area contributed by atoms with Crippen LogP contribution in [0.4, 0.5) is 4.39 Å². The summed E-state index contributed by atoms with van der Waals surface area (Å²) in [6, 6.07) is 4.47. The zero-order valence-electron chi connectivity index (χ0n) is 11.2. The van der Waals surface area contributed by atoms with E-state index in [1.807, 2.05) is 0 Å². The lowest BCUT2D eigenvalue weighted by Gasteiger charge is -2.22. The first-order chi connectivity index (χ1) is 8.82. The molecule has 5 heteroatoms. The molecule has 0 aliphatic rings. The number of aromatic amines is 1. The van der Waals surface area contributed by atoms with Gasteiger partial charge in [0.05, 0.1) is 12.1 Å². The number of rotatable bonds is 3. The van der Waals surface area contributed by atoms with Crippen molar-refractivity contribution in [3.63, 3.8) is 0 Å². The van der Waals surface area contributed by atoms with E-state index >= 15 is 0 Å². The summed E-state index contributed by atoms with van der Waals surface area (Å²) in [6.45, 7) is 5.07. The maximum Gasteiger partial charge on any atom is 0.268 e. The number of fused-ring (bicyclic) bond motifs is 1. The number of amides is 1. The number of aromatic nitrogens is 1. The summed E-state index contributed by atoms with van der Waals surface area (Å²) in [7, 11) is 0. The largest absolute Gasteiger partial charge is 0.394 e. The lowest BCUT2D eigenvalue weighted by atomic mass is 10.1. The van der Waals surface area contributed by atoms with Gasteiger partial charge in [0, 0.05) is 10.9 Å². The van der Waals surface area contributed by atoms with Crippen LogP contribution in [0.5, 0.6) is 0 Å². The van der Waals surface area contributed by atoms with Crippen molar-refractivity contribution in [2.24, 2.45) is 0 Å². The Morgan fingerprint density at radius 1 is 1.42 bits per heavy atom. The standard InChI is InChI=1S/C14H17FN2O2/c1-8-4-9(15)5-11-10(8)6-12(16-11)13(19)17-14(2,3)7-18/h4-6,16,18H,7H2,1-3H3,(H,17,19). The Kier molecular flexibility index (Phi) is 3.32. The molecule has 1 aromatic heterocycles. The first-order valence-electron chi connectivity index (χ1n) is 6.04. The molecule has 4 nitrogen and oxygen atoms in total. The van der Waals surface area contributed by atoms with Gasteiger partial charge in [-0.15, -0.1) is 0 Å². The molecule has 1 amide bonds. The maximum atomic E-state index is 13.3. The fraction of sp³-hybridized carbons (Fsp3) is 0.357. The summed E-state index contributed by atoms with van der Waals surface area (Å²) < 4.78 is 13.3. The molecule has 0 spiro atoms. The van der Waals surface area contributed by atoms with Crippen molar-refractivity contribution >= 4 is 16.8 Å². The van der Waals surface area contributed by atoms with Crippen molar-refractivity contribution in [3.05, 3.63) is 35.3 Å². The summed E-state index contributed by atoms with van der Waals surface area (Å²) in [5.74, 6) is -0.662. The number of aliphatic hydroxyl groups excluding tert-OH is 1. The highest BCUT2D eigenvalue weighted by Gasteiger charge is 2.21. The normalized spacial score (nSPS) is 11.8. The minimum absolute atomic E-state index is 0.160. The van der Waals surface area contributed by atoms with Crippen molar-refractivity contribution in [2.75, 3.05) is 6.61 Å². The van der Waals surface area contributed by atoms with Crippen molar-refractivity contribution in [2.45, 2.75) is 26.3 Å². The third kappa shape index (κ3) is 2.76. The average Bonchev–Trinajstić information content (AvgIpc) is 2.72. The van der Waals surface area contributed by atoms with Crippen LogP contribution in [0.3, 0.4) is 0 Å². The number of halogens is 1. The Balaban J connectivity index is 2.36. The van der Waals surface area contributed by atoms with E-state index in [2.05, 4.69) is 10.3 Å². The quantitative estimate of drug-likeness (QED) is 0.795. The lowest BCUT2D eigenvalue weighted by Crippen LogP contribution is -2.46. The summed E-state index contributed by atoms with van der Waals surface area (Å²) >= 11 is 0. The molecule has 0 aliphatic heterocycles. The van der Waals surface area contributed by atoms with Crippen LogP contribution >= 0.6 is 0 Å². The molecule has 0 aliphatic carbocycles. The van der Waals surface area contributed by atoms with Crippen molar-refractivity contribution in [3.8, 4) is 0 Å². The van der Waals surface area contributed by atoms with Gasteiger partial charge in [-0.3, -0.25) is 4.79 Å². The van der Waals surface area contributed by atoms with Crippen LogP contribution in [0.2, 0.25) is 0 Å². The second-order valence-electron chi connectivity index (χ2n) is 5.36. The molecule has 0 fully saturated rings. The van der Waals surface area contributed by atoms with Crippen LogP contribution in [0, 0.1) is 12.7 Å². The highest BCUT2D eigenvalue weighted by molar-refractivity contribution is 5.99. The number of H-pyrrole nitrogens is 1. The van der Waals surface area contributed by atoms with Crippen LogP contribution in [0.15, 0.2) is 18.2 Å². The van der Waals surface area contributed by atoms with Gasteiger partial charge in [0.2, 0.25) is 0 Å². The smallest absolute Gasteiger partial charge is 0.268 e. The molecule has 0 bridgehead atoms. The van der Waals surface area contributed by atoms with Gasteiger partial charge < -0.3 is 15.4 Å². The van der Waals surface area contributed by atoms with E-state index in [4.69, 9.17) is 5.11 Å². The number of aryl methyl sites for hydroxylation is 1. The first kappa shape index (κ1) is 13.5. The zero-order chi connectivity index (χ0) is 14.2. The fourth-order valence-electron chi connectivity index (χ4n) is 1.91. The summed E-state index contributed by atoms with van der Waals surface area (Å²) in [5.41, 5.74) is 1.01. The number of benzene rings is 1. The molecule has 2 aromatic rings. The molecule has 1 aromatic carbocycles. The van der Waals surface area contributed by atoms with E-state index in [0.717, 1.165) is 10.9 Å². The Morgan fingerprint density at radius 2 is 2.11 bits per heavy atom. The third-order valence-corrected chi connectivity index (χ3v) is 3.00. The van der Waals surface area contributed by atoms with Gasteiger partial charge in [0.15, 0.2) is 0 Å². The monoisotopic (exact) mass is 264 g/mol. The first-order valence-corrected chi connectivity index (χ1v) is 6.04. The predicted octanol–water partition coefficient (Wildman–Crippen LogP) is 2.12. The molecule has 0 unspecified atom stereocenters. The molecular weight excluding hydrogens is 247 g/mol. The van der Waals surface area contributed by atoms with Gasteiger partial charge in [-0.25, -0.2) is 4.39 Å². The van der Waals surface area contributed by atoms with E-state index < -0.39 is 5.54 Å². The predicted molar refractivity (Wildman–Crippen MR) is 71.6 cm³/mol. The molecule has 19 heavy (non-hydrogen) atoms. The highest BCUT2D eigenvalue weighted by atomic mass is 19.1. The number of carbonyl (C=O) groups is 1. The van der Waals surface area contributed by atoms with E-state index in [1.54, 1.807) is 26.8 Å². The zero-order valence-corrected chi connectivity index (χ0v) is 11.2. The Morgan fingerprint density at radius 3 is 2.74 bits per heavy atom. The Hall–Kier alpha value is -1.88. The van der Waals surface area contributed by atoms with E-state index in [-0.39, 0.29) is 18.3 Å². The third-order valence-electron chi connectivity index (χ3n) is 3.00. The van der Waals surface area contributed by atoms with Gasteiger partial charge in [0.1, 0.15) is 11.5 Å². The van der Waals surface area contributed by atoms with Gasteiger partial charge in [-0.05, 0) is 44.5 Å². The Labute approximate surface area is 110 Å². The van der Waals surface area contributed by atoms with Crippen LogP contribution in [0.25, 0.3) is 10.9 Å². The van der Waals surface area contributed by atoms with Gasteiger partial charge in [-0.1, -0.05) is 0 Å². The van der Waals surface area contributed by atoms with Crippen LogP contribution < -0.4 is 5.32 Å². The number of aliphatic hydroxyl groups is 1. The van der Waals surface area contributed by atoms with E-state index in [0.29, 0.717) is 11.2 Å². The summed E-state index contributed by atoms with van der Waals surface area (Å²) in [4.78, 5) is 14.9. The second kappa shape index (κ2) is 4.66. The fourth-order valence-corrected chi connectivity index (χ4v) is 1.91. The molecule has 0 atom stereocenters. The van der Waals surface area contributed by atoms with Gasteiger partial charge >= 0.3 is 0 Å². The van der Waals surface area contributed by atoms with Crippen LogP contribution in [-0.2, 0) is 0 Å². The molecule has 102 valence electrons. The van der Waals surface area contributed by atoms with Crippen molar-refractivity contribution in [1.29, 1.82) is 0 Å². The second-order valence-corrected chi connectivity index (χ2v) is 5.36. The number of hydrogen-bond donors (Lipinski definition) is 3. The SMILES string of the molecule is Cc1cc(F)cc2[nH]c(C(=O)NC(C)(C)CO)cc12. The van der Waals surface area contributed by atoms with E-state index in [1.165, 1.54) is 12.1 Å². The van der Waals surface area contributed by atoms with Crippen molar-refractivity contribution in [1.82, 2.24) is 10.3 Å². The number of carbonyl (C=O) groups excluding carboxylic acids is 1. The molecule has 0 radical (unpaired) electrons. The topological polar surface area (TPSA) is 65.1 Å². The molecule has 0 saturated carbocycles. The Bertz CT molecular complexity index is 632. The average molecular weight is 264 g/mol. The number of nitrogens with one attached hydrogen (secondary N) is 2. The highest BCUT2D eigenvalue weighted by Crippen LogP contribution is 2.21. The lowest BCUT2D eigenvalue weighted by molar-refractivity contribution is 0.0865. The molecule has 0 saturated heterocycles. The molecule has 1 heterocycles. The molecular formula is C14H17FN2O2. The van der Waals surface area contributed by atoms with Crippen LogP contribution in [0.1, 0.15) is 29.9 Å². The summed E-state index contributed by atoms with van der Waals surface area (Å²) in [5, 5.41) is 12.7.